The molecule has 0 saturated heterocycles. The highest BCUT2D eigenvalue weighted by molar-refractivity contribution is 4.44. The summed E-state index contributed by atoms with van der Waals surface area (Å²) in [5.74, 6) is 0. The van der Waals surface area contributed by atoms with E-state index in [4.69, 9.17) is 17.2 Å². The first kappa shape index (κ1) is 27.7. The lowest BCUT2D eigenvalue weighted by Gasteiger charge is -1.97. The van der Waals surface area contributed by atoms with Gasteiger partial charge >= 0.3 is 0 Å². The van der Waals surface area contributed by atoms with Crippen molar-refractivity contribution in [2.24, 2.45) is 17.2 Å². The van der Waals surface area contributed by atoms with E-state index in [1.807, 2.05) is 0 Å². The minimum atomic E-state index is 0.844. The number of rotatable bonds is 14. The maximum atomic E-state index is 5.37. The van der Waals surface area contributed by atoms with Crippen LogP contribution in [0.2, 0.25) is 0 Å². The Bertz CT molecular complexity index is 136. The zero-order valence-corrected chi connectivity index (χ0v) is 16.8. The highest BCUT2D eigenvalue weighted by Crippen LogP contribution is 2.05. The van der Waals surface area contributed by atoms with Gasteiger partial charge in [0, 0.05) is 0 Å². The molecule has 0 aliphatic heterocycles. The van der Waals surface area contributed by atoms with Crippen molar-refractivity contribution in [2.45, 2.75) is 111 Å². The Morgan fingerprint density at radius 2 is 0.609 bits per heavy atom. The summed E-state index contributed by atoms with van der Waals surface area (Å²) in [6.45, 7) is 9.18. The molecule has 3 heteroatoms. The van der Waals surface area contributed by atoms with Crippen LogP contribution >= 0.6 is 0 Å². The number of hydrogen-bond donors (Lipinski definition) is 3. The van der Waals surface area contributed by atoms with Crippen LogP contribution in [0.3, 0.4) is 0 Å². The first-order chi connectivity index (χ1) is 11.2. The second-order valence-electron chi connectivity index (χ2n) is 6.26. The Morgan fingerprint density at radius 1 is 0.348 bits per heavy atom. The van der Waals surface area contributed by atoms with E-state index < -0.39 is 0 Å². The second-order valence-corrected chi connectivity index (χ2v) is 6.26. The Hall–Kier alpha value is -0.120. The van der Waals surface area contributed by atoms with E-state index in [1.54, 1.807) is 0 Å². The minimum absolute atomic E-state index is 0.844. The SMILES string of the molecule is CCCCCCCCCN.CCCCCCCN.CCCCN. The number of hydrogen-bond acceptors (Lipinski definition) is 3. The summed E-state index contributed by atoms with van der Waals surface area (Å²) >= 11 is 0. The molecule has 0 aliphatic carbocycles. The molecule has 0 aromatic carbocycles. The highest BCUT2D eigenvalue weighted by Gasteiger charge is 1.87. The van der Waals surface area contributed by atoms with E-state index in [0.717, 1.165) is 19.6 Å². The molecule has 144 valence electrons. The molecule has 0 rings (SSSR count). The molecule has 0 aromatic heterocycles. The van der Waals surface area contributed by atoms with Gasteiger partial charge in [-0.2, -0.15) is 0 Å². The van der Waals surface area contributed by atoms with Crippen LogP contribution in [0.25, 0.3) is 0 Å². The molecule has 0 fully saturated rings. The summed E-state index contributed by atoms with van der Waals surface area (Å²) in [5, 5.41) is 0. The van der Waals surface area contributed by atoms with Gasteiger partial charge in [-0.15, -0.1) is 0 Å². The molecule has 0 saturated carbocycles. The third-order valence-electron chi connectivity index (χ3n) is 3.67. The summed E-state index contributed by atoms with van der Waals surface area (Å²) in [5.41, 5.74) is 15.8. The van der Waals surface area contributed by atoms with Gasteiger partial charge in [0.25, 0.3) is 0 Å². The summed E-state index contributed by atoms with van der Waals surface area (Å²) in [6, 6.07) is 0. The van der Waals surface area contributed by atoms with Crippen LogP contribution < -0.4 is 17.2 Å². The van der Waals surface area contributed by atoms with E-state index in [-0.39, 0.29) is 0 Å². The molecule has 0 bridgehead atoms. The smallest absolute Gasteiger partial charge is 0.00773 e. The number of nitrogens with two attached hydrogens (primary N) is 3. The van der Waals surface area contributed by atoms with Crippen molar-refractivity contribution in [3.8, 4) is 0 Å². The van der Waals surface area contributed by atoms with Crippen molar-refractivity contribution in [2.75, 3.05) is 19.6 Å². The van der Waals surface area contributed by atoms with E-state index >= 15 is 0 Å². The average Bonchev–Trinajstić information content (AvgIpc) is 2.57. The molecule has 3 nitrogen and oxygen atoms in total. The van der Waals surface area contributed by atoms with E-state index in [1.165, 1.54) is 89.9 Å². The van der Waals surface area contributed by atoms with E-state index in [0.29, 0.717) is 0 Å². The molecular weight excluding hydrogens is 282 g/mol. The second kappa shape index (κ2) is 33.5. The van der Waals surface area contributed by atoms with Gasteiger partial charge in [0.2, 0.25) is 0 Å². The average molecular weight is 332 g/mol. The first-order valence-electron chi connectivity index (χ1n) is 10.3. The molecule has 0 amide bonds. The van der Waals surface area contributed by atoms with Crippen LogP contribution in [0, 0.1) is 0 Å². The molecule has 6 N–H and O–H groups in total. The molecule has 23 heavy (non-hydrogen) atoms. The summed E-state index contributed by atoms with van der Waals surface area (Å²) in [7, 11) is 0. The molecular formula is C20H49N3. The Labute approximate surface area is 148 Å². The maximum absolute atomic E-state index is 5.37. The third-order valence-corrected chi connectivity index (χ3v) is 3.67. The van der Waals surface area contributed by atoms with Crippen LogP contribution in [0.4, 0.5) is 0 Å². The molecule has 0 unspecified atom stereocenters. The standard InChI is InChI=1S/C9H21N.C7H17N.C4H11N/c1-2-3-4-5-6-7-8-9-10;1-2-3-4-5-6-7-8;1-2-3-4-5/h2-10H2,1H3;2-8H2,1H3;2-5H2,1H3. The largest absolute Gasteiger partial charge is 0.330 e. The van der Waals surface area contributed by atoms with Gasteiger partial charge < -0.3 is 17.2 Å². The molecule has 0 heterocycles. The van der Waals surface area contributed by atoms with Crippen LogP contribution in [-0.4, -0.2) is 19.6 Å². The molecule has 0 aromatic rings. The van der Waals surface area contributed by atoms with Crippen molar-refractivity contribution in [1.29, 1.82) is 0 Å². The van der Waals surface area contributed by atoms with Gasteiger partial charge in [0.05, 0.1) is 0 Å². The van der Waals surface area contributed by atoms with Gasteiger partial charge in [0.15, 0.2) is 0 Å². The van der Waals surface area contributed by atoms with Crippen LogP contribution in [-0.2, 0) is 0 Å². The highest BCUT2D eigenvalue weighted by atomic mass is 14.5. The fourth-order valence-electron chi connectivity index (χ4n) is 2.05. The van der Waals surface area contributed by atoms with Crippen molar-refractivity contribution in [3.05, 3.63) is 0 Å². The third kappa shape index (κ3) is 44.9. The van der Waals surface area contributed by atoms with Gasteiger partial charge in [0.1, 0.15) is 0 Å². The van der Waals surface area contributed by atoms with Gasteiger partial charge in [-0.3, -0.25) is 0 Å². The Morgan fingerprint density at radius 3 is 0.826 bits per heavy atom. The fraction of sp³-hybridized carbons (Fsp3) is 1.00. The topological polar surface area (TPSA) is 78.1 Å². The van der Waals surface area contributed by atoms with Gasteiger partial charge in [-0.05, 0) is 38.9 Å². The van der Waals surface area contributed by atoms with Crippen molar-refractivity contribution >= 4 is 0 Å². The quantitative estimate of drug-likeness (QED) is 0.375. The van der Waals surface area contributed by atoms with Gasteiger partial charge in [-0.1, -0.05) is 91.4 Å². The molecule has 0 spiro atoms. The van der Waals surface area contributed by atoms with Crippen LogP contribution in [0.15, 0.2) is 0 Å². The van der Waals surface area contributed by atoms with E-state index in [9.17, 15) is 0 Å². The summed E-state index contributed by atoms with van der Waals surface area (Å²) in [6.07, 6.45) is 18.5. The summed E-state index contributed by atoms with van der Waals surface area (Å²) in [4.78, 5) is 0. The van der Waals surface area contributed by atoms with Crippen molar-refractivity contribution < 1.29 is 0 Å². The van der Waals surface area contributed by atoms with Crippen LogP contribution in [0.5, 0.6) is 0 Å². The minimum Gasteiger partial charge on any atom is -0.330 e. The molecule has 0 aliphatic rings. The fourth-order valence-corrected chi connectivity index (χ4v) is 2.05. The lowest BCUT2D eigenvalue weighted by Crippen LogP contribution is -1.97. The summed E-state index contributed by atoms with van der Waals surface area (Å²) < 4.78 is 0. The maximum Gasteiger partial charge on any atom is -0.00773 e. The van der Waals surface area contributed by atoms with Crippen LogP contribution in [0.1, 0.15) is 111 Å². The molecule has 0 radical (unpaired) electrons. The lowest BCUT2D eigenvalue weighted by molar-refractivity contribution is 0.593. The van der Waals surface area contributed by atoms with Crippen molar-refractivity contribution in [3.63, 3.8) is 0 Å². The first-order valence-corrected chi connectivity index (χ1v) is 10.3. The number of unbranched alkanes of at least 4 members (excludes halogenated alkanes) is 11. The van der Waals surface area contributed by atoms with E-state index in [2.05, 4.69) is 20.8 Å². The predicted octanol–water partition coefficient (Wildman–Crippen LogP) is 5.36. The van der Waals surface area contributed by atoms with Gasteiger partial charge in [-0.25, -0.2) is 0 Å². The van der Waals surface area contributed by atoms with Crippen molar-refractivity contribution in [1.82, 2.24) is 0 Å². The predicted molar refractivity (Wildman–Crippen MR) is 109 cm³/mol. The monoisotopic (exact) mass is 331 g/mol. The zero-order chi connectivity index (χ0) is 18.0. The zero-order valence-electron chi connectivity index (χ0n) is 16.8. The Balaban J connectivity index is -0.000000276. The Kier molecular flexibility index (Phi) is 40.3. The normalized spacial score (nSPS) is 9.65. The lowest BCUT2D eigenvalue weighted by atomic mass is 10.1. The molecule has 0 atom stereocenters.